The maximum absolute atomic E-state index is 6.58. The second-order valence-electron chi connectivity index (χ2n) is 6.44. The van der Waals surface area contributed by atoms with Crippen molar-refractivity contribution in [1.82, 2.24) is 9.78 Å². The Hall–Kier alpha value is -0.830. The van der Waals surface area contributed by atoms with Gasteiger partial charge in [-0.3, -0.25) is 4.68 Å². The Morgan fingerprint density at radius 2 is 2.11 bits per heavy atom. The van der Waals surface area contributed by atoms with Gasteiger partial charge >= 0.3 is 0 Å². The van der Waals surface area contributed by atoms with E-state index < -0.39 is 0 Å². The lowest BCUT2D eigenvalue weighted by Gasteiger charge is -2.36. The highest BCUT2D eigenvalue weighted by Crippen LogP contribution is 2.34. The highest BCUT2D eigenvalue weighted by molar-refractivity contribution is 5.07. The van der Waals surface area contributed by atoms with E-state index in [1.165, 1.54) is 19.3 Å². The molecule has 108 valence electrons. The van der Waals surface area contributed by atoms with Crippen molar-refractivity contribution < 1.29 is 0 Å². The lowest BCUT2D eigenvalue weighted by molar-refractivity contribution is 0.226. The Kier molecular flexibility index (Phi) is 4.67. The predicted molar refractivity (Wildman–Crippen MR) is 80.1 cm³/mol. The van der Waals surface area contributed by atoms with Crippen LogP contribution in [0.4, 0.5) is 0 Å². The molecule has 0 spiro atoms. The maximum atomic E-state index is 6.58. The van der Waals surface area contributed by atoms with Gasteiger partial charge in [0.2, 0.25) is 0 Å². The molecule has 0 bridgehead atoms. The van der Waals surface area contributed by atoms with Crippen LogP contribution in [0.5, 0.6) is 0 Å². The first-order valence-electron chi connectivity index (χ1n) is 7.89. The van der Waals surface area contributed by atoms with Crippen molar-refractivity contribution in [1.29, 1.82) is 0 Å². The first-order chi connectivity index (χ1) is 9.06. The summed E-state index contributed by atoms with van der Waals surface area (Å²) in [7, 11) is 0. The Labute approximate surface area is 117 Å². The fourth-order valence-corrected chi connectivity index (χ4v) is 3.10. The quantitative estimate of drug-likeness (QED) is 0.880. The van der Waals surface area contributed by atoms with Gasteiger partial charge in [-0.15, -0.1) is 0 Å². The first kappa shape index (κ1) is 14.6. The van der Waals surface area contributed by atoms with Crippen molar-refractivity contribution in [2.24, 2.45) is 11.7 Å². The van der Waals surface area contributed by atoms with E-state index >= 15 is 0 Å². The van der Waals surface area contributed by atoms with Crippen molar-refractivity contribution in [3.8, 4) is 0 Å². The van der Waals surface area contributed by atoms with Crippen LogP contribution in [0, 0.1) is 5.92 Å². The monoisotopic (exact) mass is 263 g/mol. The van der Waals surface area contributed by atoms with E-state index in [-0.39, 0.29) is 5.54 Å². The molecule has 1 heterocycles. The molecule has 3 nitrogen and oxygen atoms in total. The molecule has 1 aromatic rings. The van der Waals surface area contributed by atoms with Gasteiger partial charge in [0.25, 0.3) is 0 Å². The van der Waals surface area contributed by atoms with E-state index in [1.54, 1.807) is 0 Å². The normalized spacial score (nSPS) is 29.4. The Bertz CT molecular complexity index is 388. The lowest BCUT2D eigenvalue weighted by atomic mass is 9.74. The molecule has 1 atom stereocenters. The molecular weight excluding hydrogens is 234 g/mol. The smallest absolute Gasteiger partial charge is 0.0643 e. The molecule has 0 saturated heterocycles. The topological polar surface area (TPSA) is 43.8 Å². The van der Waals surface area contributed by atoms with Crippen molar-refractivity contribution in [3.63, 3.8) is 0 Å². The van der Waals surface area contributed by atoms with Gasteiger partial charge in [-0.2, -0.15) is 5.10 Å². The second kappa shape index (κ2) is 6.08. The molecular formula is C16H29N3. The van der Waals surface area contributed by atoms with Crippen LogP contribution < -0.4 is 5.73 Å². The first-order valence-corrected chi connectivity index (χ1v) is 7.89. The lowest BCUT2D eigenvalue weighted by Crippen LogP contribution is -2.45. The molecule has 0 aromatic carbocycles. The van der Waals surface area contributed by atoms with Crippen LogP contribution in [0.3, 0.4) is 0 Å². The number of nitrogens with zero attached hydrogens (tertiary/aromatic N) is 2. The summed E-state index contributed by atoms with van der Waals surface area (Å²) in [4.78, 5) is 0. The van der Waals surface area contributed by atoms with Crippen molar-refractivity contribution in [2.75, 3.05) is 0 Å². The van der Waals surface area contributed by atoms with Gasteiger partial charge in [0.15, 0.2) is 0 Å². The molecule has 3 heteroatoms. The minimum Gasteiger partial charge on any atom is -0.325 e. The van der Waals surface area contributed by atoms with Crippen LogP contribution in [0.25, 0.3) is 0 Å². The summed E-state index contributed by atoms with van der Waals surface area (Å²) in [6.45, 7) is 6.70. The molecule has 0 aliphatic heterocycles. The molecule has 2 N–H and O–H groups in total. The van der Waals surface area contributed by atoms with Gasteiger partial charge in [0.1, 0.15) is 0 Å². The predicted octanol–water partition coefficient (Wildman–Crippen LogP) is 3.69. The van der Waals surface area contributed by atoms with E-state index in [1.807, 2.05) is 0 Å². The zero-order chi connectivity index (χ0) is 13.9. The van der Waals surface area contributed by atoms with Crippen molar-refractivity contribution >= 4 is 0 Å². The molecule has 0 amide bonds. The average molecular weight is 263 g/mol. The number of hydrogen-bond donors (Lipinski definition) is 1. The van der Waals surface area contributed by atoms with Crippen LogP contribution in [-0.4, -0.2) is 15.3 Å². The highest BCUT2D eigenvalue weighted by atomic mass is 15.3. The van der Waals surface area contributed by atoms with E-state index in [0.717, 1.165) is 37.3 Å². The van der Waals surface area contributed by atoms with E-state index in [9.17, 15) is 0 Å². The van der Waals surface area contributed by atoms with E-state index in [0.29, 0.717) is 6.04 Å². The fourth-order valence-electron chi connectivity index (χ4n) is 3.10. The van der Waals surface area contributed by atoms with Crippen LogP contribution in [0.2, 0.25) is 0 Å². The molecule has 1 unspecified atom stereocenters. The zero-order valence-electron chi connectivity index (χ0n) is 12.7. The number of nitrogens with two attached hydrogens (primary N) is 1. The maximum Gasteiger partial charge on any atom is 0.0643 e. The summed E-state index contributed by atoms with van der Waals surface area (Å²) < 4.78 is 2.08. The van der Waals surface area contributed by atoms with Crippen LogP contribution >= 0.6 is 0 Å². The van der Waals surface area contributed by atoms with Gasteiger partial charge in [-0.25, -0.2) is 0 Å². The summed E-state index contributed by atoms with van der Waals surface area (Å²) in [5, 5.41) is 4.70. The number of rotatable bonds is 5. The van der Waals surface area contributed by atoms with Gasteiger partial charge in [0, 0.05) is 24.2 Å². The molecule has 19 heavy (non-hydrogen) atoms. The molecule has 1 fully saturated rings. The number of hydrogen-bond acceptors (Lipinski definition) is 2. The van der Waals surface area contributed by atoms with Crippen LogP contribution in [-0.2, 0) is 6.42 Å². The zero-order valence-corrected chi connectivity index (χ0v) is 12.7. The third-order valence-electron chi connectivity index (χ3n) is 4.92. The summed E-state index contributed by atoms with van der Waals surface area (Å²) in [6, 6.07) is 2.63. The summed E-state index contributed by atoms with van der Waals surface area (Å²) in [5.74, 6) is 0.898. The largest absolute Gasteiger partial charge is 0.325 e. The van der Waals surface area contributed by atoms with Gasteiger partial charge in [-0.1, -0.05) is 20.3 Å². The van der Waals surface area contributed by atoms with Crippen LogP contribution in [0.15, 0.2) is 12.3 Å². The number of aromatic nitrogens is 2. The molecule has 0 radical (unpaired) electrons. The standard InChI is InChI=1S/C16H29N3/c1-4-13(3)19-11-8-15(18-19)12-16(17)9-6-14(5-2)7-10-16/h8,11,13-14H,4-7,9-10,12,17H2,1-3H3. The Morgan fingerprint density at radius 1 is 1.42 bits per heavy atom. The van der Waals surface area contributed by atoms with E-state index in [2.05, 4.69) is 37.7 Å². The van der Waals surface area contributed by atoms with Gasteiger partial charge < -0.3 is 5.73 Å². The van der Waals surface area contributed by atoms with E-state index in [4.69, 9.17) is 10.8 Å². The minimum absolute atomic E-state index is 0.0136. The van der Waals surface area contributed by atoms with Crippen molar-refractivity contribution in [2.45, 2.75) is 77.3 Å². The third-order valence-corrected chi connectivity index (χ3v) is 4.92. The van der Waals surface area contributed by atoms with Gasteiger partial charge in [0.05, 0.1) is 5.69 Å². The SMILES string of the molecule is CCC1CCC(N)(Cc2ccn(C(C)CC)n2)CC1. The van der Waals surface area contributed by atoms with Crippen molar-refractivity contribution in [3.05, 3.63) is 18.0 Å². The average Bonchev–Trinajstić information content (AvgIpc) is 2.86. The Balaban J connectivity index is 1.95. The van der Waals surface area contributed by atoms with Gasteiger partial charge in [-0.05, 0) is 51.0 Å². The molecule has 1 aliphatic rings. The fraction of sp³-hybridized carbons (Fsp3) is 0.812. The molecule has 2 rings (SSSR count). The second-order valence-corrected chi connectivity index (χ2v) is 6.44. The van der Waals surface area contributed by atoms with Crippen LogP contribution in [0.1, 0.15) is 71.0 Å². The highest BCUT2D eigenvalue weighted by Gasteiger charge is 2.31. The Morgan fingerprint density at radius 3 is 2.68 bits per heavy atom. The minimum atomic E-state index is -0.0136. The molecule has 1 aromatic heterocycles. The molecule has 1 aliphatic carbocycles. The summed E-state index contributed by atoms with van der Waals surface area (Å²) in [6.07, 6.45) is 10.4. The summed E-state index contributed by atoms with van der Waals surface area (Å²) in [5.41, 5.74) is 7.73. The summed E-state index contributed by atoms with van der Waals surface area (Å²) >= 11 is 0. The molecule has 1 saturated carbocycles. The third kappa shape index (κ3) is 3.59.